The molecule has 0 aromatic heterocycles. The van der Waals surface area contributed by atoms with E-state index in [0.717, 1.165) is 24.1 Å². The number of phenols is 1. The largest absolute Gasteiger partial charge is 0.504 e. The molecule has 26 heavy (non-hydrogen) atoms. The minimum Gasteiger partial charge on any atom is -0.504 e. The van der Waals surface area contributed by atoms with E-state index < -0.39 is 11.9 Å². The first-order valence-corrected chi connectivity index (χ1v) is 8.76. The molecule has 0 saturated heterocycles. The Morgan fingerprint density at radius 2 is 2.12 bits per heavy atom. The summed E-state index contributed by atoms with van der Waals surface area (Å²) in [5.41, 5.74) is 3.28. The van der Waals surface area contributed by atoms with Crippen LogP contribution in [0.15, 0.2) is 40.7 Å². The fourth-order valence-electron chi connectivity index (χ4n) is 3.68. The smallest absolute Gasteiger partial charge is 0.336 e. The second-order valence-electron chi connectivity index (χ2n) is 6.42. The number of benzene rings is 1. The number of nitrogens with one attached hydrogen (secondary N) is 1. The fraction of sp³-hybridized carbons (Fsp3) is 0.400. The molecule has 1 aliphatic carbocycles. The molecule has 3 rings (SSSR count). The molecule has 0 unspecified atom stereocenters. The van der Waals surface area contributed by atoms with Crippen LogP contribution in [0.1, 0.15) is 44.6 Å². The first-order valence-electron chi connectivity index (χ1n) is 8.76. The maximum Gasteiger partial charge on any atom is 0.336 e. The summed E-state index contributed by atoms with van der Waals surface area (Å²) in [5, 5.41) is 13.2. The SMILES string of the molecule is CCOc1cc([C@H]2C(C(=O)OC)=C(C)NC3=C2C(=O)CCC3)ccc1O. The molecule has 138 valence electrons. The number of allylic oxidation sites excluding steroid dienone is 3. The number of methoxy groups -OCH3 is 1. The molecule has 1 aromatic rings. The lowest BCUT2D eigenvalue weighted by atomic mass is 9.75. The molecule has 0 amide bonds. The summed E-state index contributed by atoms with van der Waals surface area (Å²) >= 11 is 0. The van der Waals surface area contributed by atoms with Gasteiger partial charge in [0.2, 0.25) is 0 Å². The first kappa shape index (κ1) is 18.0. The Bertz CT molecular complexity index is 821. The molecule has 0 radical (unpaired) electrons. The standard InChI is InChI=1S/C20H23NO5/c1-4-26-16-10-12(8-9-14(16)22)18-17(20(24)25-3)11(2)21-13-6-5-7-15(23)19(13)18/h8-10,18,21-22H,4-7H2,1-3H3/t18-/m0/s1. The fourth-order valence-corrected chi connectivity index (χ4v) is 3.68. The number of Topliss-reactive ketones (excluding diaryl/α,β-unsaturated/α-hetero) is 1. The van der Waals surface area contributed by atoms with Gasteiger partial charge in [0.05, 0.1) is 19.3 Å². The zero-order valence-corrected chi connectivity index (χ0v) is 15.2. The van der Waals surface area contributed by atoms with Gasteiger partial charge < -0.3 is 19.9 Å². The van der Waals surface area contributed by atoms with Crippen LogP contribution in [0.2, 0.25) is 0 Å². The third-order valence-corrected chi connectivity index (χ3v) is 4.80. The Hall–Kier alpha value is -2.76. The van der Waals surface area contributed by atoms with Crippen molar-refractivity contribution in [3.05, 3.63) is 46.3 Å². The van der Waals surface area contributed by atoms with Gasteiger partial charge >= 0.3 is 5.97 Å². The van der Waals surface area contributed by atoms with E-state index in [4.69, 9.17) is 9.47 Å². The normalized spacial score (nSPS) is 19.8. The lowest BCUT2D eigenvalue weighted by Crippen LogP contribution is -2.34. The van der Waals surface area contributed by atoms with Gasteiger partial charge in [0.25, 0.3) is 0 Å². The van der Waals surface area contributed by atoms with E-state index in [-0.39, 0.29) is 11.5 Å². The number of ketones is 1. The molecule has 2 N–H and O–H groups in total. The molecule has 1 aromatic carbocycles. The van der Waals surface area contributed by atoms with Crippen LogP contribution in [0.25, 0.3) is 0 Å². The molecule has 1 heterocycles. The van der Waals surface area contributed by atoms with Crippen LogP contribution in [0.3, 0.4) is 0 Å². The van der Waals surface area contributed by atoms with Crippen LogP contribution >= 0.6 is 0 Å². The summed E-state index contributed by atoms with van der Waals surface area (Å²) in [7, 11) is 1.33. The van der Waals surface area contributed by atoms with Gasteiger partial charge in [0.1, 0.15) is 0 Å². The Morgan fingerprint density at radius 3 is 2.81 bits per heavy atom. The van der Waals surface area contributed by atoms with Crippen molar-refractivity contribution >= 4 is 11.8 Å². The Kier molecular flexibility index (Phi) is 5.02. The third kappa shape index (κ3) is 3.07. The predicted molar refractivity (Wildman–Crippen MR) is 95.8 cm³/mol. The van der Waals surface area contributed by atoms with E-state index in [0.29, 0.717) is 35.6 Å². The van der Waals surface area contributed by atoms with Crippen molar-refractivity contribution in [2.24, 2.45) is 0 Å². The van der Waals surface area contributed by atoms with Crippen molar-refractivity contribution in [1.29, 1.82) is 0 Å². The molecule has 6 heteroatoms. The van der Waals surface area contributed by atoms with E-state index in [9.17, 15) is 14.7 Å². The number of phenolic OH excluding ortho intramolecular Hbond substituents is 1. The van der Waals surface area contributed by atoms with Crippen LogP contribution in [-0.2, 0) is 14.3 Å². The number of hydrogen-bond donors (Lipinski definition) is 2. The zero-order valence-electron chi connectivity index (χ0n) is 15.2. The molecule has 1 atom stereocenters. The Morgan fingerprint density at radius 1 is 1.35 bits per heavy atom. The number of esters is 1. The van der Waals surface area contributed by atoms with Gasteiger partial charge in [-0.2, -0.15) is 0 Å². The maximum absolute atomic E-state index is 12.7. The summed E-state index contributed by atoms with van der Waals surface area (Å²) in [6.45, 7) is 4.03. The number of carbonyl (C=O) groups is 2. The highest BCUT2D eigenvalue weighted by atomic mass is 16.5. The molecular weight excluding hydrogens is 334 g/mol. The van der Waals surface area contributed by atoms with Crippen molar-refractivity contribution in [1.82, 2.24) is 5.32 Å². The molecule has 0 saturated carbocycles. The van der Waals surface area contributed by atoms with Crippen molar-refractivity contribution in [3.63, 3.8) is 0 Å². The monoisotopic (exact) mass is 357 g/mol. The number of hydrogen-bond acceptors (Lipinski definition) is 6. The summed E-state index contributed by atoms with van der Waals surface area (Å²) in [4.78, 5) is 25.2. The average molecular weight is 357 g/mol. The van der Waals surface area contributed by atoms with Crippen LogP contribution in [0.5, 0.6) is 11.5 Å². The second-order valence-corrected chi connectivity index (χ2v) is 6.42. The van der Waals surface area contributed by atoms with Gasteiger partial charge in [0.15, 0.2) is 17.3 Å². The van der Waals surface area contributed by atoms with Crippen LogP contribution in [0.4, 0.5) is 0 Å². The molecule has 0 bridgehead atoms. The number of rotatable bonds is 4. The van der Waals surface area contributed by atoms with E-state index in [2.05, 4.69) is 5.32 Å². The highest BCUT2D eigenvalue weighted by Crippen LogP contribution is 2.44. The second kappa shape index (κ2) is 7.23. The van der Waals surface area contributed by atoms with Crippen molar-refractivity contribution in [2.45, 2.75) is 39.0 Å². The highest BCUT2D eigenvalue weighted by molar-refractivity contribution is 6.03. The van der Waals surface area contributed by atoms with Crippen molar-refractivity contribution < 1.29 is 24.2 Å². The highest BCUT2D eigenvalue weighted by Gasteiger charge is 2.39. The summed E-state index contributed by atoms with van der Waals surface area (Å²) in [6, 6.07) is 4.94. The lowest BCUT2D eigenvalue weighted by Gasteiger charge is -2.34. The quantitative estimate of drug-likeness (QED) is 0.806. The summed E-state index contributed by atoms with van der Waals surface area (Å²) in [5.74, 6) is -0.629. The van der Waals surface area contributed by atoms with Gasteiger partial charge in [-0.05, 0) is 44.4 Å². The Labute approximate surface area is 152 Å². The molecule has 0 fully saturated rings. The lowest BCUT2D eigenvalue weighted by molar-refractivity contribution is -0.136. The van der Waals surface area contributed by atoms with E-state index >= 15 is 0 Å². The zero-order chi connectivity index (χ0) is 18.8. The van der Waals surface area contributed by atoms with Gasteiger partial charge in [0, 0.05) is 29.3 Å². The molecule has 2 aliphatic rings. The minimum atomic E-state index is -0.536. The topological polar surface area (TPSA) is 84.9 Å². The molecule has 1 aliphatic heterocycles. The third-order valence-electron chi connectivity index (χ3n) is 4.80. The first-order chi connectivity index (χ1) is 12.5. The van der Waals surface area contributed by atoms with Gasteiger partial charge in [-0.15, -0.1) is 0 Å². The van der Waals surface area contributed by atoms with Gasteiger partial charge in [-0.25, -0.2) is 4.79 Å². The van der Waals surface area contributed by atoms with E-state index in [1.165, 1.54) is 13.2 Å². The predicted octanol–water partition coefficient (Wildman–Crippen LogP) is 2.93. The van der Waals surface area contributed by atoms with Crippen molar-refractivity contribution in [2.75, 3.05) is 13.7 Å². The Balaban J connectivity index is 2.19. The van der Waals surface area contributed by atoms with Crippen molar-refractivity contribution in [3.8, 4) is 11.5 Å². The summed E-state index contributed by atoms with van der Waals surface area (Å²) < 4.78 is 10.5. The molecular formula is C20H23NO5. The number of ether oxygens (including phenoxy) is 2. The number of aromatic hydroxyl groups is 1. The minimum absolute atomic E-state index is 0.0222. The van der Waals surface area contributed by atoms with Crippen LogP contribution in [-0.4, -0.2) is 30.6 Å². The molecule has 6 nitrogen and oxygen atoms in total. The maximum atomic E-state index is 12.7. The number of carbonyl (C=O) groups excluding carboxylic acids is 2. The number of dihydropyridines is 1. The summed E-state index contributed by atoms with van der Waals surface area (Å²) in [6.07, 6.45) is 2.01. The van der Waals surface area contributed by atoms with E-state index in [1.807, 2.05) is 13.8 Å². The molecule has 0 spiro atoms. The van der Waals surface area contributed by atoms with Gasteiger partial charge in [-0.3, -0.25) is 4.79 Å². The van der Waals surface area contributed by atoms with Gasteiger partial charge in [-0.1, -0.05) is 6.07 Å². The van der Waals surface area contributed by atoms with Crippen LogP contribution in [0, 0.1) is 0 Å². The average Bonchev–Trinajstić information content (AvgIpc) is 2.62. The van der Waals surface area contributed by atoms with E-state index in [1.54, 1.807) is 12.1 Å². The van der Waals surface area contributed by atoms with Crippen LogP contribution < -0.4 is 10.1 Å².